The summed E-state index contributed by atoms with van der Waals surface area (Å²) in [4.78, 5) is 11.8. The molecule has 2 heterocycles. The zero-order valence-electron chi connectivity index (χ0n) is 13.7. The number of aromatic nitrogens is 3. The molecule has 2 N–H and O–H groups in total. The van der Waals surface area contributed by atoms with Crippen molar-refractivity contribution in [2.75, 3.05) is 0 Å². The molecular formula is C20H15N3O3. The fourth-order valence-electron chi connectivity index (χ4n) is 2.51. The van der Waals surface area contributed by atoms with E-state index in [4.69, 9.17) is 8.83 Å². The Hall–Kier alpha value is -3.80. The van der Waals surface area contributed by atoms with Crippen LogP contribution in [0.25, 0.3) is 33.2 Å². The molecule has 0 atom stereocenters. The van der Waals surface area contributed by atoms with Gasteiger partial charge in [-0.2, -0.15) is 0 Å². The number of para-hydroxylation sites is 2. The van der Waals surface area contributed by atoms with Crippen LogP contribution in [0.15, 0.2) is 88.4 Å². The second-order valence-corrected chi connectivity index (χ2v) is 5.46. The van der Waals surface area contributed by atoms with E-state index >= 15 is 0 Å². The minimum atomic E-state index is 0.00345. The number of phenols is 1. The Morgan fingerprint density at radius 1 is 0.808 bits per heavy atom. The average Bonchev–Trinajstić information content (AvgIpc) is 2.65. The smallest absolute Gasteiger partial charge is 0.169 e. The van der Waals surface area contributed by atoms with E-state index in [0.29, 0.717) is 27.7 Å². The van der Waals surface area contributed by atoms with Gasteiger partial charge in [0.2, 0.25) is 0 Å². The molecule has 128 valence electrons. The lowest BCUT2D eigenvalue weighted by atomic mass is 10.2. The van der Waals surface area contributed by atoms with Crippen LogP contribution in [0, 0.1) is 0 Å². The maximum Gasteiger partial charge on any atom is 0.169 e. The molecular weight excluding hydrogens is 330 g/mol. The molecule has 6 heteroatoms. The van der Waals surface area contributed by atoms with Crippen molar-refractivity contribution in [3.8, 4) is 5.75 Å². The number of benzene rings is 2. The molecule has 0 aliphatic heterocycles. The van der Waals surface area contributed by atoms with Gasteiger partial charge in [-0.15, -0.1) is 0 Å². The molecule has 6 nitrogen and oxygen atoms in total. The predicted molar refractivity (Wildman–Crippen MR) is 99.2 cm³/mol. The van der Waals surface area contributed by atoms with Crippen LogP contribution in [0.2, 0.25) is 0 Å². The Bertz CT molecular complexity index is 1220. The molecule has 0 radical (unpaired) electrons. The van der Waals surface area contributed by atoms with Crippen molar-refractivity contribution in [2.24, 2.45) is 0 Å². The number of aromatic amines is 1. The molecule has 0 saturated carbocycles. The second kappa shape index (κ2) is 6.98. The summed E-state index contributed by atoms with van der Waals surface area (Å²) in [5, 5.41) is 10.9. The Labute approximate surface area is 148 Å². The van der Waals surface area contributed by atoms with E-state index in [2.05, 4.69) is 15.0 Å². The lowest BCUT2D eigenvalue weighted by Crippen LogP contribution is -1.86. The van der Waals surface area contributed by atoms with Crippen molar-refractivity contribution in [3.05, 3.63) is 79.5 Å². The molecule has 0 fully saturated rings. The topological polar surface area (TPSA) is 88.1 Å². The van der Waals surface area contributed by atoms with Crippen molar-refractivity contribution in [1.29, 1.82) is 0 Å². The summed E-state index contributed by atoms with van der Waals surface area (Å²) in [5.74, 6) is 0.00345. The molecule has 0 aliphatic carbocycles. The zero-order valence-corrected chi connectivity index (χ0v) is 13.7. The lowest BCUT2D eigenvalue weighted by Gasteiger charge is -2.01. The molecule has 2 bridgehead atoms. The predicted octanol–water partition coefficient (Wildman–Crippen LogP) is 4.97. The summed E-state index contributed by atoms with van der Waals surface area (Å²) < 4.78 is 11.2. The van der Waals surface area contributed by atoms with E-state index in [1.54, 1.807) is 42.7 Å². The van der Waals surface area contributed by atoms with Crippen LogP contribution in [0.3, 0.4) is 0 Å². The monoisotopic (exact) mass is 345 g/mol. The van der Waals surface area contributed by atoms with Crippen molar-refractivity contribution in [1.82, 2.24) is 15.0 Å². The van der Waals surface area contributed by atoms with Gasteiger partial charge in [0.15, 0.2) is 11.3 Å². The molecule has 2 aromatic carbocycles. The van der Waals surface area contributed by atoms with Gasteiger partial charge in [0.1, 0.15) is 17.6 Å². The summed E-state index contributed by atoms with van der Waals surface area (Å²) in [6.45, 7) is 0. The van der Waals surface area contributed by atoms with E-state index in [9.17, 15) is 5.11 Å². The van der Waals surface area contributed by atoms with E-state index in [1.165, 1.54) is 12.6 Å². The van der Waals surface area contributed by atoms with Crippen molar-refractivity contribution in [2.45, 2.75) is 0 Å². The largest absolute Gasteiger partial charge is 0.504 e. The molecule has 26 heavy (non-hydrogen) atoms. The Morgan fingerprint density at radius 2 is 1.58 bits per heavy atom. The number of nitrogens with one attached hydrogen (secondary N) is 1. The molecule has 0 unspecified atom stereocenters. The SMILES string of the molecule is Oc1cc2ncnc3[nH]c4ccccc4occccccoc1cc23. The lowest BCUT2D eigenvalue weighted by molar-refractivity contribution is 0.463. The van der Waals surface area contributed by atoms with Crippen LogP contribution in [0.5, 0.6) is 5.75 Å². The van der Waals surface area contributed by atoms with Gasteiger partial charge in [0, 0.05) is 11.5 Å². The highest BCUT2D eigenvalue weighted by molar-refractivity contribution is 5.95. The highest BCUT2D eigenvalue weighted by Gasteiger charge is 2.05. The van der Waals surface area contributed by atoms with Crippen LogP contribution in [-0.4, -0.2) is 20.1 Å². The third-order valence-electron chi connectivity index (χ3n) is 3.74. The van der Waals surface area contributed by atoms with Gasteiger partial charge < -0.3 is 18.9 Å². The first kappa shape index (κ1) is 15.7. The van der Waals surface area contributed by atoms with E-state index in [-0.39, 0.29) is 5.75 Å². The van der Waals surface area contributed by atoms with Crippen LogP contribution in [-0.2, 0) is 0 Å². The third-order valence-corrected chi connectivity index (χ3v) is 3.74. The Kier molecular flexibility index (Phi) is 4.22. The standard InChI is InChI=1S/C20H15N3O3/c24-17-12-16-14-11-19(17)26-10-6-2-1-5-9-25-18-8-4-3-7-15(18)23-20(14)22-13-21-16/h1-13,24H,(H,21,22,23). The zero-order chi connectivity index (χ0) is 17.8. The summed E-state index contributed by atoms with van der Waals surface area (Å²) >= 11 is 0. The highest BCUT2D eigenvalue weighted by atomic mass is 16.3. The number of nitrogens with zero attached hydrogens (tertiary/aromatic N) is 2. The summed E-state index contributed by atoms with van der Waals surface area (Å²) in [7, 11) is 0. The quantitative estimate of drug-likeness (QED) is 0.470. The van der Waals surface area contributed by atoms with Gasteiger partial charge >= 0.3 is 0 Å². The fourth-order valence-corrected chi connectivity index (χ4v) is 2.51. The van der Waals surface area contributed by atoms with Gasteiger partial charge in [-0.25, -0.2) is 9.97 Å². The van der Waals surface area contributed by atoms with E-state index in [1.807, 2.05) is 24.3 Å². The third kappa shape index (κ3) is 3.21. The molecule has 2 aromatic heterocycles. The molecule has 0 saturated heterocycles. The number of rotatable bonds is 0. The Morgan fingerprint density at radius 3 is 2.42 bits per heavy atom. The first-order valence-corrected chi connectivity index (χ1v) is 7.97. The van der Waals surface area contributed by atoms with Gasteiger partial charge in [-0.1, -0.05) is 24.3 Å². The number of aromatic hydroxyl groups is 1. The fraction of sp³-hybridized carbons (Fsp3) is 0. The average molecular weight is 345 g/mol. The Balaban J connectivity index is 2.20. The van der Waals surface area contributed by atoms with Crippen LogP contribution < -0.4 is 0 Å². The van der Waals surface area contributed by atoms with Gasteiger partial charge in [-0.3, -0.25) is 0 Å². The summed E-state index contributed by atoms with van der Waals surface area (Å²) in [6.07, 6.45) is 4.51. The number of hydrogen-bond donors (Lipinski definition) is 2. The van der Waals surface area contributed by atoms with Gasteiger partial charge in [-0.05, 0) is 30.3 Å². The first-order valence-electron chi connectivity index (χ1n) is 7.97. The summed E-state index contributed by atoms with van der Waals surface area (Å²) in [6, 6.07) is 17.9. The van der Waals surface area contributed by atoms with Crippen molar-refractivity contribution >= 4 is 33.2 Å². The number of H-pyrrole nitrogens is 1. The van der Waals surface area contributed by atoms with Gasteiger partial charge in [0.25, 0.3) is 0 Å². The minimum Gasteiger partial charge on any atom is -0.504 e. The number of phenolic OH excluding ortho intramolecular Hbond substituents is 1. The molecule has 0 amide bonds. The van der Waals surface area contributed by atoms with E-state index in [0.717, 1.165) is 5.52 Å². The summed E-state index contributed by atoms with van der Waals surface area (Å²) in [5.41, 5.74) is 2.90. The van der Waals surface area contributed by atoms with Crippen LogP contribution in [0.1, 0.15) is 0 Å². The molecule has 0 spiro atoms. The molecule has 4 aromatic rings. The van der Waals surface area contributed by atoms with E-state index < -0.39 is 0 Å². The second-order valence-electron chi connectivity index (χ2n) is 5.46. The minimum absolute atomic E-state index is 0.00345. The van der Waals surface area contributed by atoms with Crippen molar-refractivity contribution < 1.29 is 13.9 Å². The first-order chi connectivity index (χ1) is 12.8. The van der Waals surface area contributed by atoms with Crippen LogP contribution in [0.4, 0.5) is 0 Å². The van der Waals surface area contributed by atoms with Crippen molar-refractivity contribution in [3.63, 3.8) is 0 Å². The normalized spacial score (nSPS) is 10.5. The number of fused-ring (bicyclic) bond motifs is 2. The maximum absolute atomic E-state index is 10.2. The maximum atomic E-state index is 10.2. The molecule has 0 aliphatic rings. The molecule has 4 rings (SSSR count). The highest BCUT2D eigenvalue weighted by Crippen LogP contribution is 2.25. The van der Waals surface area contributed by atoms with Gasteiger partial charge in [0.05, 0.1) is 23.6 Å². The van der Waals surface area contributed by atoms with Crippen LogP contribution >= 0.6 is 0 Å². The number of hydrogen-bond acceptors (Lipinski definition) is 5.